The van der Waals surface area contributed by atoms with Crippen molar-refractivity contribution in [3.05, 3.63) is 51.5 Å². The Morgan fingerprint density at radius 2 is 1.96 bits per heavy atom. The molecule has 152 valence electrons. The van der Waals surface area contributed by atoms with Gasteiger partial charge in [-0.15, -0.1) is 11.3 Å². The minimum atomic E-state index is 0.788. The molecule has 0 aliphatic carbocycles. The summed E-state index contributed by atoms with van der Waals surface area (Å²) in [5, 5.41) is 10.1. The van der Waals surface area contributed by atoms with E-state index in [2.05, 4.69) is 62.1 Å². The highest BCUT2D eigenvalue weighted by molar-refractivity contribution is 7.09. The Morgan fingerprint density at radius 1 is 1.21 bits per heavy atom. The predicted octanol–water partition coefficient (Wildman–Crippen LogP) is 3.59. The Bertz CT molecular complexity index is 762. The number of nitrogens with zero attached hydrogens (tertiary/aromatic N) is 3. The fraction of sp³-hybridized carbons (Fsp3) is 0.545. The molecule has 0 spiro atoms. The number of likely N-dealkylation sites (tertiary alicyclic amines) is 1. The highest BCUT2D eigenvalue weighted by Crippen LogP contribution is 2.19. The summed E-state index contributed by atoms with van der Waals surface area (Å²) in [5.41, 5.74) is 3.91. The van der Waals surface area contributed by atoms with Crippen LogP contribution in [0.2, 0.25) is 0 Å². The molecule has 0 unspecified atom stereocenters. The zero-order chi connectivity index (χ0) is 19.8. The second kappa shape index (κ2) is 10.6. The molecular weight excluding hydrogens is 366 g/mol. The molecule has 28 heavy (non-hydrogen) atoms. The van der Waals surface area contributed by atoms with Crippen LogP contribution in [0.1, 0.15) is 41.6 Å². The molecule has 0 amide bonds. The van der Waals surface area contributed by atoms with Gasteiger partial charge in [-0.1, -0.05) is 31.2 Å². The largest absolute Gasteiger partial charge is 0.356 e. The van der Waals surface area contributed by atoms with Crippen LogP contribution in [0.4, 0.5) is 0 Å². The Morgan fingerprint density at radius 3 is 2.64 bits per heavy atom. The number of aliphatic imine (C=N–C) groups is 1. The highest BCUT2D eigenvalue weighted by Gasteiger charge is 2.16. The summed E-state index contributed by atoms with van der Waals surface area (Å²) in [6.07, 6.45) is 3.54. The van der Waals surface area contributed by atoms with E-state index < -0.39 is 0 Å². The lowest BCUT2D eigenvalue weighted by molar-refractivity contribution is 0.185. The fourth-order valence-electron chi connectivity index (χ4n) is 3.58. The van der Waals surface area contributed by atoms with E-state index in [0.29, 0.717) is 0 Å². The molecule has 2 heterocycles. The Labute approximate surface area is 173 Å². The number of guanidine groups is 1. The maximum absolute atomic E-state index is 4.51. The summed E-state index contributed by atoms with van der Waals surface area (Å²) in [7, 11) is 1.82. The van der Waals surface area contributed by atoms with Crippen molar-refractivity contribution in [3.63, 3.8) is 0 Å². The van der Waals surface area contributed by atoms with Gasteiger partial charge in [0, 0.05) is 38.5 Å². The first-order valence-electron chi connectivity index (χ1n) is 10.3. The second-order valence-corrected chi connectivity index (χ2v) is 8.75. The van der Waals surface area contributed by atoms with Gasteiger partial charge in [-0.2, -0.15) is 0 Å². The van der Waals surface area contributed by atoms with E-state index in [1.165, 1.54) is 37.1 Å². The van der Waals surface area contributed by atoms with Crippen LogP contribution < -0.4 is 10.6 Å². The van der Waals surface area contributed by atoms with Gasteiger partial charge in [0.1, 0.15) is 0 Å². The molecule has 2 N–H and O–H groups in total. The van der Waals surface area contributed by atoms with Gasteiger partial charge in [-0.25, -0.2) is 4.98 Å². The maximum Gasteiger partial charge on any atom is 0.191 e. The quantitative estimate of drug-likeness (QED) is 0.552. The van der Waals surface area contributed by atoms with Crippen molar-refractivity contribution in [1.29, 1.82) is 0 Å². The lowest BCUT2D eigenvalue weighted by atomic mass is 9.98. The molecule has 1 aliphatic heterocycles. The zero-order valence-electron chi connectivity index (χ0n) is 17.4. The molecule has 2 aromatic rings. The molecule has 1 fully saturated rings. The first-order valence-corrected chi connectivity index (χ1v) is 11.2. The molecule has 0 atom stereocenters. The number of nitrogens with one attached hydrogen (secondary N) is 2. The average molecular weight is 400 g/mol. The van der Waals surface area contributed by atoms with Crippen molar-refractivity contribution in [1.82, 2.24) is 20.5 Å². The van der Waals surface area contributed by atoms with Crippen molar-refractivity contribution in [2.45, 2.75) is 46.2 Å². The van der Waals surface area contributed by atoms with Crippen LogP contribution in [0, 0.1) is 12.8 Å². The van der Waals surface area contributed by atoms with Crippen molar-refractivity contribution < 1.29 is 0 Å². The fourth-order valence-corrected chi connectivity index (χ4v) is 4.22. The average Bonchev–Trinajstić information content (AvgIpc) is 3.12. The summed E-state index contributed by atoms with van der Waals surface area (Å²) < 4.78 is 0. The topological polar surface area (TPSA) is 52.6 Å². The van der Waals surface area contributed by atoms with Gasteiger partial charge in [0.2, 0.25) is 0 Å². The number of piperidine rings is 1. The number of benzene rings is 1. The van der Waals surface area contributed by atoms with Gasteiger partial charge in [0.25, 0.3) is 0 Å². The maximum atomic E-state index is 4.51. The van der Waals surface area contributed by atoms with E-state index >= 15 is 0 Å². The third-order valence-corrected chi connectivity index (χ3v) is 6.22. The Balaban J connectivity index is 1.48. The number of rotatable bonds is 7. The Kier molecular flexibility index (Phi) is 7.86. The predicted molar refractivity (Wildman–Crippen MR) is 119 cm³/mol. The molecule has 5 nitrogen and oxygen atoms in total. The van der Waals surface area contributed by atoms with Crippen LogP contribution in [0.25, 0.3) is 0 Å². The Hall–Kier alpha value is -1.92. The molecular formula is C22H33N5S. The summed E-state index contributed by atoms with van der Waals surface area (Å²) >= 11 is 1.70. The monoisotopic (exact) mass is 399 g/mol. The SMILES string of the molecule is CN=C(NCCc1csc(C)n1)NCc1ccccc1CN1CCC(C)CC1. The van der Waals surface area contributed by atoms with E-state index in [4.69, 9.17) is 0 Å². The number of aromatic nitrogens is 1. The summed E-state index contributed by atoms with van der Waals surface area (Å²) in [4.78, 5) is 11.5. The van der Waals surface area contributed by atoms with Crippen molar-refractivity contribution in [2.75, 3.05) is 26.7 Å². The molecule has 0 radical (unpaired) electrons. The molecule has 6 heteroatoms. The van der Waals surface area contributed by atoms with Gasteiger partial charge < -0.3 is 10.6 Å². The van der Waals surface area contributed by atoms with Gasteiger partial charge in [-0.3, -0.25) is 9.89 Å². The first-order chi connectivity index (χ1) is 13.6. The lowest BCUT2D eigenvalue weighted by Crippen LogP contribution is -2.38. The van der Waals surface area contributed by atoms with Crippen LogP contribution in [0.5, 0.6) is 0 Å². The van der Waals surface area contributed by atoms with E-state index in [1.807, 2.05) is 14.0 Å². The van der Waals surface area contributed by atoms with Crippen molar-refractivity contribution in [2.24, 2.45) is 10.9 Å². The summed E-state index contributed by atoms with van der Waals surface area (Å²) in [6.45, 7) is 9.49. The number of hydrogen-bond donors (Lipinski definition) is 2. The molecule has 0 bridgehead atoms. The van der Waals surface area contributed by atoms with Gasteiger partial charge in [0.15, 0.2) is 5.96 Å². The second-order valence-electron chi connectivity index (χ2n) is 7.69. The van der Waals surface area contributed by atoms with Crippen molar-refractivity contribution >= 4 is 17.3 Å². The molecule has 0 saturated carbocycles. The van der Waals surface area contributed by atoms with E-state index in [9.17, 15) is 0 Å². The van der Waals surface area contributed by atoms with Gasteiger partial charge >= 0.3 is 0 Å². The molecule has 1 saturated heterocycles. The number of thiazole rings is 1. The zero-order valence-corrected chi connectivity index (χ0v) is 18.2. The van der Waals surface area contributed by atoms with Gasteiger partial charge in [0.05, 0.1) is 10.7 Å². The van der Waals surface area contributed by atoms with Crippen LogP contribution in [0.3, 0.4) is 0 Å². The number of hydrogen-bond acceptors (Lipinski definition) is 4. The molecule has 1 aromatic heterocycles. The minimum absolute atomic E-state index is 0.788. The van der Waals surface area contributed by atoms with Crippen molar-refractivity contribution in [3.8, 4) is 0 Å². The third kappa shape index (κ3) is 6.31. The first kappa shape index (κ1) is 20.8. The standard InChI is InChI=1S/C22H33N5S/c1-17-9-12-27(13-10-17)15-20-7-5-4-6-19(20)14-25-22(23-3)24-11-8-21-16-28-18(2)26-21/h4-7,16-17H,8-15H2,1-3H3,(H2,23,24,25). The third-order valence-electron chi connectivity index (χ3n) is 5.40. The van der Waals surface area contributed by atoms with Crippen LogP contribution in [0.15, 0.2) is 34.6 Å². The van der Waals surface area contributed by atoms with Crippen LogP contribution in [-0.4, -0.2) is 42.5 Å². The molecule has 3 rings (SSSR count). The van der Waals surface area contributed by atoms with Crippen LogP contribution in [-0.2, 0) is 19.5 Å². The minimum Gasteiger partial charge on any atom is -0.356 e. The lowest BCUT2D eigenvalue weighted by Gasteiger charge is -2.30. The normalized spacial score (nSPS) is 16.3. The smallest absolute Gasteiger partial charge is 0.191 e. The highest BCUT2D eigenvalue weighted by atomic mass is 32.1. The van der Waals surface area contributed by atoms with E-state index in [1.54, 1.807) is 11.3 Å². The number of aryl methyl sites for hydroxylation is 1. The summed E-state index contributed by atoms with van der Waals surface area (Å²) in [5.74, 6) is 1.71. The van der Waals surface area contributed by atoms with Gasteiger partial charge in [-0.05, 0) is 49.9 Å². The van der Waals surface area contributed by atoms with E-state index in [-0.39, 0.29) is 0 Å². The van der Waals surface area contributed by atoms with E-state index in [0.717, 1.165) is 48.6 Å². The van der Waals surface area contributed by atoms with Crippen LogP contribution >= 0.6 is 11.3 Å². The summed E-state index contributed by atoms with van der Waals surface area (Å²) in [6, 6.07) is 8.75. The molecule has 1 aliphatic rings. The molecule has 1 aromatic carbocycles.